The monoisotopic (exact) mass is 354 g/mol. The van der Waals surface area contributed by atoms with Gasteiger partial charge in [-0.3, -0.25) is 0 Å². The summed E-state index contributed by atoms with van der Waals surface area (Å²) in [5.41, 5.74) is 1.61. The maximum absolute atomic E-state index is 12.3. The molecule has 0 bridgehead atoms. The summed E-state index contributed by atoms with van der Waals surface area (Å²) in [6.45, 7) is 8.77. The number of nitrogens with zero attached hydrogens (tertiary/aromatic N) is 3. The molecule has 136 valence electrons. The number of hydrogen-bond acceptors (Lipinski definition) is 4. The van der Waals surface area contributed by atoms with Crippen LogP contribution in [0.3, 0.4) is 0 Å². The predicted molar refractivity (Wildman–Crippen MR) is 89.3 cm³/mol. The van der Waals surface area contributed by atoms with E-state index in [0.717, 1.165) is 31.1 Å². The summed E-state index contributed by atoms with van der Waals surface area (Å²) in [5.74, 6) is 0.618. The Morgan fingerprint density at radius 3 is 2.48 bits per heavy atom. The molecule has 0 amide bonds. The van der Waals surface area contributed by atoms with Crippen LogP contribution in [-0.4, -0.2) is 41.3 Å². The summed E-state index contributed by atoms with van der Waals surface area (Å²) in [4.78, 5) is 2.21. The van der Waals surface area contributed by atoms with Crippen LogP contribution in [0.2, 0.25) is 0 Å². The van der Waals surface area contributed by atoms with Crippen molar-refractivity contribution >= 4 is 5.82 Å². The van der Waals surface area contributed by atoms with Gasteiger partial charge >= 0.3 is 6.36 Å². The molecule has 0 unspecified atom stereocenters. The Labute approximate surface area is 144 Å². The SMILES string of the molecule is Cc1cc(N2CCNC(C)(C)C2)nn1-c1ccc(OC(F)(F)F)cc1. The van der Waals surface area contributed by atoms with Crippen LogP contribution in [0.15, 0.2) is 30.3 Å². The van der Waals surface area contributed by atoms with E-state index in [9.17, 15) is 13.2 Å². The molecule has 2 heterocycles. The third-order valence-electron chi connectivity index (χ3n) is 4.08. The molecule has 1 aromatic heterocycles. The lowest BCUT2D eigenvalue weighted by molar-refractivity contribution is -0.274. The van der Waals surface area contributed by atoms with E-state index >= 15 is 0 Å². The van der Waals surface area contributed by atoms with Gasteiger partial charge in [0.25, 0.3) is 0 Å². The Morgan fingerprint density at radius 2 is 1.88 bits per heavy atom. The van der Waals surface area contributed by atoms with E-state index in [1.165, 1.54) is 12.1 Å². The molecule has 0 saturated carbocycles. The Hall–Kier alpha value is -2.22. The van der Waals surface area contributed by atoms with Crippen molar-refractivity contribution in [2.24, 2.45) is 0 Å². The van der Waals surface area contributed by atoms with Crippen LogP contribution in [0, 0.1) is 6.92 Å². The molecule has 0 radical (unpaired) electrons. The van der Waals surface area contributed by atoms with Gasteiger partial charge in [-0.05, 0) is 45.0 Å². The number of nitrogens with one attached hydrogen (secondary N) is 1. The highest BCUT2D eigenvalue weighted by molar-refractivity contribution is 5.46. The lowest BCUT2D eigenvalue weighted by Gasteiger charge is -2.39. The predicted octanol–water partition coefficient (Wildman–Crippen LogP) is 3.27. The van der Waals surface area contributed by atoms with Crippen LogP contribution in [0.5, 0.6) is 5.75 Å². The number of piperazine rings is 1. The molecule has 0 spiro atoms. The number of benzene rings is 1. The van der Waals surface area contributed by atoms with Crippen molar-refractivity contribution in [1.82, 2.24) is 15.1 Å². The van der Waals surface area contributed by atoms with E-state index in [1.807, 2.05) is 13.0 Å². The van der Waals surface area contributed by atoms with Crippen molar-refractivity contribution in [2.75, 3.05) is 24.5 Å². The van der Waals surface area contributed by atoms with Crippen LogP contribution in [0.25, 0.3) is 5.69 Å². The fourth-order valence-corrected chi connectivity index (χ4v) is 3.00. The van der Waals surface area contributed by atoms with E-state index in [4.69, 9.17) is 0 Å². The topological polar surface area (TPSA) is 42.3 Å². The van der Waals surface area contributed by atoms with Gasteiger partial charge in [-0.25, -0.2) is 4.68 Å². The number of ether oxygens (including phenoxy) is 1. The van der Waals surface area contributed by atoms with E-state index in [-0.39, 0.29) is 11.3 Å². The Bertz CT molecular complexity index is 737. The van der Waals surface area contributed by atoms with Crippen molar-refractivity contribution in [3.8, 4) is 11.4 Å². The minimum atomic E-state index is -4.69. The molecule has 1 aliphatic heterocycles. The Morgan fingerprint density at radius 1 is 1.20 bits per heavy atom. The van der Waals surface area contributed by atoms with E-state index < -0.39 is 6.36 Å². The van der Waals surface area contributed by atoms with Crippen LogP contribution >= 0.6 is 0 Å². The second-order valence-corrected chi connectivity index (χ2v) is 6.83. The van der Waals surface area contributed by atoms with E-state index in [0.29, 0.717) is 5.69 Å². The highest BCUT2D eigenvalue weighted by Crippen LogP contribution is 2.25. The molecule has 8 heteroatoms. The summed E-state index contributed by atoms with van der Waals surface area (Å²) in [6, 6.07) is 7.69. The minimum Gasteiger partial charge on any atom is -0.406 e. The van der Waals surface area contributed by atoms with E-state index in [2.05, 4.69) is 33.9 Å². The van der Waals surface area contributed by atoms with Gasteiger partial charge in [0.05, 0.1) is 5.69 Å². The number of aromatic nitrogens is 2. The fraction of sp³-hybridized carbons (Fsp3) is 0.471. The van der Waals surface area contributed by atoms with Crippen LogP contribution in [0.1, 0.15) is 19.5 Å². The second-order valence-electron chi connectivity index (χ2n) is 6.83. The third-order valence-corrected chi connectivity index (χ3v) is 4.08. The van der Waals surface area contributed by atoms with Gasteiger partial charge < -0.3 is 15.0 Å². The Kier molecular flexibility index (Phi) is 4.40. The molecule has 1 aromatic carbocycles. The first-order chi connectivity index (χ1) is 11.6. The van der Waals surface area contributed by atoms with Crippen molar-refractivity contribution in [3.05, 3.63) is 36.0 Å². The quantitative estimate of drug-likeness (QED) is 0.919. The molecule has 1 N–H and O–H groups in total. The zero-order valence-corrected chi connectivity index (χ0v) is 14.4. The summed E-state index contributed by atoms with van der Waals surface area (Å²) in [7, 11) is 0. The summed E-state index contributed by atoms with van der Waals surface area (Å²) >= 11 is 0. The van der Waals surface area contributed by atoms with Crippen molar-refractivity contribution in [1.29, 1.82) is 0 Å². The maximum Gasteiger partial charge on any atom is 0.573 e. The molecular weight excluding hydrogens is 333 g/mol. The van der Waals surface area contributed by atoms with E-state index in [1.54, 1.807) is 16.8 Å². The highest BCUT2D eigenvalue weighted by atomic mass is 19.4. The van der Waals surface area contributed by atoms with Gasteiger partial charge in [0.1, 0.15) is 5.75 Å². The summed E-state index contributed by atoms with van der Waals surface area (Å²) in [5, 5.41) is 8.08. The first kappa shape index (κ1) is 17.6. The maximum atomic E-state index is 12.3. The fourth-order valence-electron chi connectivity index (χ4n) is 3.00. The number of rotatable bonds is 3. The number of anilines is 1. The van der Waals surface area contributed by atoms with Gasteiger partial charge in [-0.1, -0.05) is 0 Å². The third kappa shape index (κ3) is 4.25. The lowest BCUT2D eigenvalue weighted by atomic mass is 10.0. The van der Waals surface area contributed by atoms with Crippen LogP contribution in [-0.2, 0) is 0 Å². The number of halogens is 3. The number of hydrogen-bond donors (Lipinski definition) is 1. The highest BCUT2D eigenvalue weighted by Gasteiger charge is 2.31. The van der Waals surface area contributed by atoms with Gasteiger partial charge in [-0.15, -0.1) is 13.2 Å². The molecule has 0 atom stereocenters. The number of aryl methyl sites for hydroxylation is 1. The van der Waals surface area contributed by atoms with Crippen molar-refractivity contribution < 1.29 is 17.9 Å². The summed E-state index contributed by atoms with van der Waals surface area (Å²) in [6.07, 6.45) is -4.69. The molecule has 5 nitrogen and oxygen atoms in total. The van der Waals surface area contributed by atoms with Crippen LogP contribution in [0.4, 0.5) is 19.0 Å². The van der Waals surface area contributed by atoms with Crippen LogP contribution < -0.4 is 15.0 Å². The molecule has 1 aliphatic rings. The first-order valence-corrected chi connectivity index (χ1v) is 8.06. The second kappa shape index (κ2) is 6.25. The molecule has 3 rings (SSSR count). The normalized spacial score (nSPS) is 17.6. The molecule has 25 heavy (non-hydrogen) atoms. The average molecular weight is 354 g/mol. The average Bonchev–Trinajstić information content (AvgIpc) is 2.87. The zero-order valence-electron chi connectivity index (χ0n) is 14.4. The van der Waals surface area contributed by atoms with Gasteiger partial charge in [0, 0.05) is 36.9 Å². The largest absolute Gasteiger partial charge is 0.573 e. The molecule has 1 fully saturated rings. The Balaban J connectivity index is 1.80. The molecular formula is C17H21F3N4O. The standard InChI is InChI=1S/C17H21F3N4O/c1-12-10-15(23-9-8-21-16(2,3)11-23)22-24(12)13-4-6-14(7-5-13)25-17(18,19)20/h4-7,10,21H,8-9,11H2,1-3H3. The zero-order chi connectivity index (χ0) is 18.2. The minimum absolute atomic E-state index is 0.00647. The number of alkyl halides is 3. The first-order valence-electron chi connectivity index (χ1n) is 8.06. The molecule has 0 aliphatic carbocycles. The van der Waals surface area contributed by atoms with Gasteiger partial charge in [0.2, 0.25) is 0 Å². The molecule has 2 aromatic rings. The van der Waals surface area contributed by atoms with Gasteiger partial charge in [-0.2, -0.15) is 5.10 Å². The van der Waals surface area contributed by atoms with Crippen molar-refractivity contribution in [3.63, 3.8) is 0 Å². The summed E-state index contributed by atoms with van der Waals surface area (Å²) < 4.78 is 42.4. The van der Waals surface area contributed by atoms with Crippen molar-refractivity contribution in [2.45, 2.75) is 32.7 Å². The van der Waals surface area contributed by atoms with Gasteiger partial charge in [0.15, 0.2) is 5.82 Å². The smallest absolute Gasteiger partial charge is 0.406 e. The lowest BCUT2D eigenvalue weighted by Crippen LogP contribution is -2.57. The molecule has 1 saturated heterocycles.